The van der Waals surface area contributed by atoms with E-state index in [1.54, 1.807) is 11.3 Å². The molecule has 3 atom stereocenters. The molecule has 2 aliphatic heterocycles. The molecule has 0 aliphatic carbocycles. The van der Waals surface area contributed by atoms with Crippen LogP contribution in [0.4, 0.5) is 0 Å². The summed E-state index contributed by atoms with van der Waals surface area (Å²) in [5, 5.41) is 1.78. The summed E-state index contributed by atoms with van der Waals surface area (Å²) in [6, 6.07) is 0.368. The smallest absolute Gasteiger partial charge is 0.170 e. The van der Waals surface area contributed by atoms with Crippen LogP contribution in [0.5, 0.6) is 0 Å². The molecule has 0 bridgehead atoms. The zero-order valence-electron chi connectivity index (χ0n) is 7.18. The molecule has 12 heavy (non-hydrogen) atoms. The summed E-state index contributed by atoms with van der Waals surface area (Å²) in [5.74, 6) is 0. The van der Waals surface area contributed by atoms with Gasteiger partial charge in [-0.1, -0.05) is 0 Å². The van der Waals surface area contributed by atoms with Crippen LogP contribution in [0.3, 0.4) is 0 Å². The number of aliphatic imine (C=N–C) groups is 1. The fraction of sp³-hybridized carbons (Fsp3) is 0.625. The lowest BCUT2D eigenvalue weighted by molar-refractivity contribution is -0.0880. The van der Waals surface area contributed by atoms with E-state index >= 15 is 0 Å². The fourth-order valence-electron chi connectivity index (χ4n) is 1.50. The predicted molar refractivity (Wildman–Crippen MR) is 44.6 cm³/mol. The normalized spacial score (nSPS) is 40.0. The van der Waals surface area contributed by atoms with E-state index in [9.17, 15) is 0 Å². The van der Waals surface area contributed by atoms with Gasteiger partial charge in [-0.05, 0) is 13.0 Å². The van der Waals surface area contributed by atoms with E-state index in [-0.39, 0.29) is 18.2 Å². The molecule has 0 saturated carbocycles. The van der Waals surface area contributed by atoms with Crippen LogP contribution >= 0.6 is 0 Å². The van der Waals surface area contributed by atoms with Crippen LogP contribution in [0, 0.1) is 0 Å². The van der Waals surface area contributed by atoms with Crippen molar-refractivity contribution in [3.05, 3.63) is 12.3 Å². The Kier molecular flexibility index (Phi) is 1.77. The van der Waals surface area contributed by atoms with Crippen LogP contribution in [0.25, 0.3) is 0 Å². The second kappa shape index (κ2) is 2.79. The van der Waals surface area contributed by atoms with E-state index in [2.05, 4.69) is 4.99 Å². The fourth-order valence-corrected chi connectivity index (χ4v) is 1.50. The van der Waals surface area contributed by atoms with E-state index < -0.39 is 0 Å². The summed E-state index contributed by atoms with van der Waals surface area (Å²) >= 11 is 0. The Hall–Kier alpha value is -1.03. The molecule has 3 unspecified atom stereocenters. The third kappa shape index (κ3) is 1.08. The summed E-state index contributed by atoms with van der Waals surface area (Å²) in [6.07, 6.45) is 5.34. The van der Waals surface area contributed by atoms with Crippen molar-refractivity contribution in [1.29, 1.82) is 0 Å². The number of likely N-dealkylation sites (N-methyl/N-ethyl adjacent to an activating group) is 1. The first kappa shape index (κ1) is 7.61. The minimum absolute atomic E-state index is 0.142. The monoisotopic (exact) mass is 168 g/mol. The van der Waals surface area contributed by atoms with Crippen molar-refractivity contribution in [2.24, 2.45) is 4.99 Å². The van der Waals surface area contributed by atoms with E-state index in [0.717, 1.165) is 0 Å². The molecule has 0 aromatic heterocycles. The molecule has 0 radical (unpaired) electrons. The average Bonchev–Trinajstić information content (AvgIpc) is 2.59. The van der Waals surface area contributed by atoms with Gasteiger partial charge < -0.3 is 9.57 Å². The first-order valence-corrected chi connectivity index (χ1v) is 4.02. The summed E-state index contributed by atoms with van der Waals surface area (Å²) < 4.78 is 5.22. The van der Waals surface area contributed by atoms with Gasteiger partial charge in [-0.2, -0.15) is 0 Å². The van der Waals surface area contributed by atoms with Crippen LogP contribution in [0.1, 0.15) is 6.92 Å². The Morgan fingerprint density at radius 3 is 2.83 bits per heavy atom. The van der Waals surface area contributed by atoms with Gasteiger partial charge in [0.1, 0.15) is 18.4 Å². The van der Waals surface area contributed by atoms with Crippen molar-refractivity contribution in [3.63, 3.8) is 0 Å². The number of rotatable bonds is 1. The highest BCUT2D eigenvalue weighted by Gasteiger charge is 2.34. The standard InChI is InChI=1S/C8H12N2O2/c1-6-8(9-5-11-6)7-3-4-12-10(7)2/h3-8H,1-2H3. The van der Waals surface area contributed by atoms with E-state index in [0.29, 0.717) is 0 Å². The Labute approximate surface area is 71.4 Å². The third-order valence-corrected chi connectivity index (χ3v) is 2.26. The second-order valence-corrected chi connectivity index (χ2v) is 3.06. The lowest BCUT2D eigenvalue weighted by Crippen LogP contribution is -2.39. The molecule has 2 rings (SSSR count). The SMILES string of the molecule is CC1OC=NC1C1C=CON1C. The van der Waals surface area contributed by atoms with Crippen LogP contribution in [-0.4, -0.2) is 36.7 Å². The Bertz CT molecular complexity index is 203. The number of ether oxygens (including phenoxy) is 1. The van der Waals surface area contributed by atoms with Gasteiger partial charge in [-0.15, -0.1) is 5.06 Å². The zero-order valence-corrected chi connectivity index (χ0v) is 7.18. The lowest BCUT2D eigenvalue weighted by Gasteiger charge is -2.23. The third-order valence-electron chi connectivity index (χ3n) is 2.26. The average molecular weight is 168 g/mol. The number of hydroxylamine groups is 2. The minimum atomic E-state index is 0.142. The highest BCUT2D eigenvalue weighted by atomic mass is 16.7. The molecule has 0 saturated heterocycles. The van der Waals surface area contributed by atoms with E-state index in [1.807, 2.05) is 20.0 Å². The maximum atomic E-state index is 5.22. The first-order valence-electron chi connectivity index (χ1n) is 4.02. The summed E-state index contributed by atoms with van der Waals surface area (Å²) in [4.78, 5) is 9.38. The topological polar surface area (TPSA) is 34.1 Å². The van der Waals surface area contributed by atoms with Gasteiger partial charge in [0, 0.05) is 7.05 Å². The molecule has 0 fully saturated rings. The van der Waals surface area contributed by atoms with Gasteiger partial charge >= 0.3 is 0 Å². The molecule has 4 nitrogen and oxygen atoms in total. The maximum Gasteiger partial charge on any atom is 0.170 e. The minimum Gasteiger partial charge on any atom is -0.478 e. The quantitative estimate of drug-likeness (QED) is 0.573. The van der Waals surface area contributed by atoms with E-state index in [1.165, 1.54) is 6.40 Å². The molecule has 0 aromatic rings. The summed E-state index contributed by atoms with van der Waals surface area (Å²) in [6.45, 7) is 2.01. The van der Waals surface area contributed by atoms with Crippen LogP contribution in [0.2, 0.25) is 0 Å². The van der Waals surface area contributed by atoms with Crippen LogP contribution in [0.15, 0.2) is 17.3 Å². The lowest BCUT2D eigenvalue weighted by atomic mass is 10.1. The highest BCUT2D eigenvalue weighted by Crippen LogP contribution is 2.21. The maximum absolute atomic E-state index is 5.22. The summed E-state index contributed by atoms with van der Waals surface area (Å²) in [7, 11) is 1.89. The molecule has 2 heterocycles. The molecule has 4 heteroatoms. The molecule has 0 spiro atoms. The Morgan fingerprint density at radius 2 is 2.33 bits per heavy atom. The van der Waals surface area contributed by atoms with Crippen molar-refractivity contribution >= 4 is 6.40 Å². The molecule has 66 valence electrons. The van der Waals surface area contributed by atoms with Gasteiger partial charge in [-0.3, -0.25) is 0 Å². The van der Waals surface area contributed by atoms with Gasteiger partial charge in [-0.25, -0.2) is 4.99 Å². The van der Waals surface area contributed by atoms with Crippen molar-refractivity contribution in [3.8, 4) is 0 Å². The van der Waals surface area contributed by atoms with Crippen molar-refractivity contribution in [2.75, 3.05) is 7.05 Å². The Morgan fingerprint density at radius 1 is 1.50 bits per heavy atom. The summed E-state index contributed by atoms with van der Waals surface area (Å²) in [5.41, 5.74) is 0. The second-order valence-electron chi connectivity index (χ2n) is 3.06. The molecule has 0 aromatic carbocycles. The predicted octanol–water partition coefficient (Wildman–Crippen LogP) is 0.561. The van der Waals surface area contributed by atoms with Gasteiger partial charge in [0.15, 0.2) is 6.40 Å². The van der Waals surface area contributed by atoms with Crippen molar-refractivity contribution < 1.29 is 9.57 Å². The molecular formula is C8H12N2O2. The molecule has 0 amide bonds. The molecule has 2 aliphatic rings. The first-order chi connectivity index (χ1) is 5.79. The van der Waals surface area contributed by atoms with Crippen LogP contribution in [-0.2, 0) is 9.57 Å². The van der Waals surface area contributed by atoms with Gasteiger partial charge in [0.2, 0.25) is 0 Å². The molecule has 0 N–H and O–H groups in total. The van der Waals surface area contributed by atoms with Gasteiger partial charge in [0.05, 0.1) is 6.04 Å². The number of nitrogens with zero attached hydrogens (tertiary/aromatic N) is 2. The van der Waals surface area contributed by atoms with Gasteiger partial charge in [0.25, 0.3) is 0 Å². The number of hydrogen-bond donors (Lipinski definition) is 0. The van der Waals surface area contributed by atoms with Crippen molar-refractivity contribution in [2.45, 2.75) is 25.1 Å². The Balaban J connectivity index is 2.08. The van der Waals surface area contributed by atoms with Crippen molar-refractivity contribution in [1.82, 2.24) is 5.06 Å². The van der Waals surface area contributed by atoms with Crippen LogP contribution < -0.4 is 0 Å². The number of hydrogen-bond acceptors (Lipinski definition) is 4. The largest absolute Gasteiger partial charge is 0.478 e. The highest BCUT2D eigenvalue weighted by molar-refractivity contribution is 5.50. The zero-order chi connectivity index (χ0) is 8.55. The molecular weight excluding hydrogens is 156 g/mol. The van der Waals surface area contributed by atoms with E-state index in [4.69, 9.17) is 9.57 Å².